The Morgan fingerprint density at radius 3 is 2.72 bits per heavy atom. The molecule has 0 aliphatic heterocycles. The van der Waals surface area contributed by atoms with Crippen LogP contribution in [0, 0.1) is 11.3 Å². The van der Waals surface area contributed by atoms with Gasteiger partial charge in [-0.05, 0) is 37.7 Å². The molecule has 3 heteroatoms. The molecule has 0 amide bonds. The first-order valence-corrected chi connectivity index (χ1v) is 6.46. The highest BCUT2D eigenvalue weighted by atomic mass is 16.5. The first kappa shape index (κ1) is 14.5. The normalized spacial score (nSPS) is 10.4. The summed E-state index contributed by atoms with van der Waals surface area (Å²) in [5.41, 5.74) is 1.77. The van der Waals surface area contributed by atoms with Gasteiger partial charge in [-0.25, -0.2) is 0 Å². The molecular formula is C15H22N2O. The molecule has 0 fully saturated rings. The smallest absolute Gasteiger partial charge is 0.136 e. The van der Waals surface area contributed by atoms with Gasteiger partial charge in [-0.15, -0.1) is 0 Å². The predicted molar refractivity (Wildman–Crippen MR) is 73.6 cm³/mol. The molecule has 1 aromatic rings. The van der Waals surface area contributed by atoms with Crippen molar-refractivity contribution in [3.8, 4) is 11.8 Å². The van der Waals surface area contributed by atoms with Gasteiger partial charge in [-0.1, -0.05) is 25.8 Å². The van der Waals surface area contributed by atoms with Crippen LogP contribution in [0.3, 0.4) is 0 Å². The van der Waals surface area contributed by atoms with Crippen LogP contribution in [0.5, 0.6) is 5.75 Å². The van der Waals surface area contributed by atoms with E-state index in [9.17, 15) is 0 Å². The summed E-state index contributed by atoms with van der Waals surface area (Å²) in [6, 6.07) is 7.97. The van der Waals surface area contributed by atoms with E-state index in [0.29, 0.717) is 11.3 Å². The minimum atomic E-state index is 0.608. The van der Waals surface area contributed by atoms with Crippen molar-refractivity contribution in [3.63, 3.8) is 0 Å². The number of unbranched alkanes of at least 4 members (excludes halogenated alkanes) is 2. The van der Waals surface area contributed by atoms with Crippen molar-refractivity contribution in [1.29, 1.82) is 5.26 Å². The van der Waals surface area contributed by atoms with Crippen LogP contribution in [0.15, 0.2) is 18.2 Å². The van der Waals surface area contributed by atoms with Crippen molar-refractivity contribution in [1.82, 2.24) is 4.90 Å². The quantitative estimate of drug-likeness (QED) is 0.693. The van der Waals surface area contributed by atoms with Crippen LogP contribution in [0.1, 0.15) is 37.3 Å². The lowest BCUT2D eigenvalue weighted by atomic mass is 10.1. The molecule has 0 aliphatic rings. The van der Waals surface area contributed by atoms with Gasteiger partial charge in [0.15, 0.2) is 0 Å². The molecular weight excluding hydrogens is 224 g/mol. The Balaban J connectivity index is 2.59. The summed E-state index contributed by atoms with van der Waals surface area (Å²) < 4.78 is 5.14. The fraction of sp³-hybridized carbons (Fsp3) is 0.533. The van der Waals surface area contributed by atoms with E-state index in [2.05, 4.69) is 24.9 Å². The Morgan fingerprint density at radius 2 is 2.11 bits per heavy atom. The van der Waals surface area contributed by atoms with Crippen LogP contribution >= 0.6 is 0 Å². The molecule has 0 radical (unpaired) electrons. The van der Waals surface area contributed by atoms with E-state index in [4.69, 9.17) is 10.00 Å². The van der Waals surface area contributed by atoms with Crippen molar-refractivity contribution in [2.45, 2.75) is 32.7 Å². The number of ether oxygens (including phenoxy) is 1. The number of nitrogens with zero attached hydrogens (tertiary/aromatic N) is 2. The summed E-state index contributed by atoms with van der Waals surface area (Å²) in [5, 5.41) is 9.04. The highest BCUT2D eigenvalue weighted by Crippen LogP contribution is 2.19. The van der Waals surface area contributed by atoms with E-state index in [1.165, 1.54) is 19.3 Å². The Hall–Kier alpha value is -1.53. The van der Waals surface area contributed by atoms with E-state index in [1.54, 1.807) is 7.11 Å². The molecule has 18 heavy (non-hydrogen) atoms. The first-order chi connectivity index (χ1) is 8.71. The Kier molecular flexibility index (Phi) is 6.24. The number of benzene rings is 1. The Morgan fingerprint density at radius 1 is 1.33 bits per heavy atom. The number of methoxy groups -OCH3 is 1. The SMILES string of the molecule is CCCCCN(C)Cc1ccc(OC)c(C#N)c1. The fourth-order valence-electron chi connectivity index (χ4n) is 1.96. The molecule has 3 nitrogen and oxygen atoms in total. The maximum Gasteiger partial charge on any atom is 0.136 e. The van der Waals surface area contributed by atoms with E-state index in [0.717, 1.165) is 18.7 Å². The average molecular weight is 246 g/mol. The molecule has 0 saturated heterocycles. The second-order valence-corrected chi connectivity index (χ2v) is 4.59. The third-order valence-corrected chi connectivity index (χ3v) is 2.98. The van der Waals surface area contributed by atoms with Crippen LogP contribution in [0.4, 0.5) is 0 Å². The number of hydrogen-bond donors (Lipinski definition) is 0. The van der Waals surface area contributed by atoms with Crippen molar-refractivity contribution < 1.29 is 4.74 Å². The van der Waals surface area contributed by atoms with Crippen molar-refractivity contribution in [2.24, 2.45) is 0 Å². The van der Waals surface area contributed by atoms with Gasteiger partial charge in [-0.3, -0.25) is 0 Å². The van der Waals surface area contributed by atoms with Crippen LogP contribution in [0.25, 0.3) is 0 Å². The largest absolute Gasteiger partial charge is 0.495 e. The van der Waals surface area contributed by atoms with Gasteiger partial charge >= 0.3 is 0 Å². The van der Waals surface area contributed by atoms with Gasteiger partial charge in [0.1, 0.15) is 11.8 Å². The molecule has 0 heterocycles. The summed E-state index contributed by atoms with van der Waals surface area (Å²) in [6.07, 6.45) is 3.75. The van der Waals surface area contributed by atoms with Crippen molar-refractivity contribution >= 4 is 0 Å². The maximum atomic E-state index is 9.04. The third kappa shape index (κ3) is 4.38. The first-order valence-electron chi connectivity index (χ1n) is 6.46. The standard InChI is InChI=1S/C15H22N2O/c1-4-5-6-9-17(2)12-13-7-8-15(18-3)14(10-13)11-16/h7-8,10H,4-6,9,12H2,1-3H3. The monoisotopic (exact) mass is 246 g/mol. The lowest BCUT2D eigenvalue weighted by Crippen LogP contribution is -2.19. The zero-order valence-corrected chi connectivity index (χ0v) is 11.6. The van der Waals surface area contributed by atoms with Gasteiger partial charge < -0.3 is 9.64 Å². The van der Waals surface area contributed by atoms with Crippen molar-refractivity contribution in [3.05, 3.63) is 29.3 Å². The second kappa shape index (κ2) is 7.73. The molecule has 0 unspecified atom stereocenters. The van der Waals surface area contributed by atoms with Crippen LogP contribution in [-0.2, 0) is 6.54 Å². The summed E-state index contributed by atoms with van der Waals surface area (Å²) in [6.45, 7) is 4.19. The summed E-state index contributed by atoms with van der Waals surface area (Å²) in [5.74, 6) is 0.648. The van der Waals surface area contributed by atoms with E-state index in [1.807, 2.05) is 18.2 Å². The highest BCUT2D eigenvalue weighted by Gasteiger charge is 2.05. The molecule has 0 aliphatic carbocycles. The number of nitriles is 1. The van der Waals surface area contributed by atoms with Gasteiger partial charge in [0.25, 0.3) is 0 Å². The zero-order valence-electron chi connectivity index (χ0n) is 11.6. The Bertz CT molecular complexity index is 409. The zero-order chi connectivity index (χ0) is 13.4. The lowest BCUT2D eigenvalue weighted by molar-refractivity contribution is 0.318. The summed E-state index contributed by atoms with van der Waals surface area (Å²) in [4.78, 5) is 2.29. The summed E-state index contributed by atoms with van der Waals surface area (Å²) in [7, 11) is 3.71. The maximum absolute atomic E-state index is 9.04. The second-order valence-electron chi connectivity index (χ2n) is 4.59. The lowest BCUT2D eigenvalue weighted by Gasteiger charge is -2.17. The van der Waals surface area contributed by atoms with E-state index < -0.39 is 0 Å². The minimum absolute atomic E-state index is 0.608. The highest BCUT2D eigenvalue weighted by molar-refractivity contribution is 5.45. The van der Waals surface area contributed by atoms with E-state index >= 15 is 0 Å². The molecule has 98 valence electrons. The third-order valence-electron chi connectivity index (χ3n) is 2.98. The Labute approximate surface area is 110 Å². The predicted octanol–water partition coefficient (Wildman–Crippen LogP) is 3.19. The fourth-order valence-corrected chi connectivity index (χ4v) is 1.96. The molecule has 0 spiro atoms. The summed E-state index contributed by atoms with van der Waals surface area (Å²) >= 11 is 0. The van der Waals surface area contributed by atoms with Gasteiger partial charge in [0.2, 0.25) is 0 Å². The topological polar surface area (TPSA) is 36.3 Å². The molecule has 0 aromatic heterocycles. The minimum Gasteiger partial charge on any atom is -0.495 e. The average Bonchev–Trinajstić information content (AvgIpc) is 2.39. The molecule has 0 atom stereocenters. The van der Waals surface area contributed by atoms with Gasteiger partial charge in [0, 0.05) is 6.54 Å². The van der Waals surface area contributed by atoms with Crippen LogP contribution < -0.4 is 4.74 Å². The van der Waals surface area contributed by atoms with E-state index in [-0.39, 0.29) is 0 Å². The molecule has 0 bridgehead atoms. The molecule has 1 rings (SSSR count). The van der Waals surface area contributed by atoms with Crippen molar-refractivity contribution in [2.75, 3.05) is 20.7 Å². The number of hydrogen-bond acceptors (Lipinski definition) is 3. The molecule has 1 aromatic carbocycles. The van der Waals surface area contributed by atoms with Crippen LogP contribution in [-0.4, -0.2) is 25.6 Å². The molecule has 0 N–H and O–H groups in total. The van der Waals surface area contributed by atoms with Gasteiger partial charge in [0.05, 0.1) is 12.7 Å². The molecule has 0 saturated carbocycles. The van der Waals surface area contributed by atoms with Crippen LogP contribution in [0.2, 0.25) is 0 Å². The van der Waals surface area contributed by atoms with Gasteiger partial charge in [-0.2, -0.15) is 5.26 Å². The number of rotatable bonds is 7.